The van der Waals surface area contributed by atoms with E-state index >= 15 is 0 Å². The Hall–Kier alpha value is -1.49. The van der Waals surface area contributed by atoms with Gasteiger partial charge < -0.3 is 4.74 Å². The van der Waals surface area contributed by atoms with Gasteiger partial charge in [0.1, 0.15) is 5.60 Å². The lowest BCUT2D eigenvalue weighted by molar-refractivity contribution is -0.0547. The monoisotopic (exact) mass is 336 g/mol. The molecule has 0 spiro atoms. The molecule has 2 aliphatic rings. The van der Waals surface area contributed by atoms with E-state index in [-0.39, 0.29) is 11.5 Å². The fraction of sp³-hybridized carbons (Fsp3) is 0.737. The van der Waals surface area contributed by atoms with E-state index in [0.717, 1.165) is 29.8 Å². The molecule has 0 atom stereocenters. The van der Waals surface area contributed by atoms with Gasteiger partial charge in [0.25, 0.3) is 0 Å². The first-order valence-electron chi connectivity index (χ1n) is 8.82. The SMILES string of the molecule is CC(C)CCC1=CC2=C(CN1O)C(C)(C)CN2C(=O)OC(C)(C)C. The number of nitrogens with zero attached hydrogens (tertiary/aromatic N) is 2. The maximum Gasteiger partial charge on any atom is 0.414 e. The molecule has 0 unspecified atom stereocenters. The van der Waals surface area contributed by atoms with Crippen LogP contribution in [-0.4, -0.2) is 40.0 Å². The summed E-state index contributed by atoms with van der Waals surface area (Å²) in [5.41, 5.74) is 2.16. The number of rotatable bonds is 3. The topological polar surface area (TPSA) is 53.0 Å². The van der Waals surface area contributed by atoms with Gasteiger partial charge in [-0.15, -0.1) is 0 Å². The van der Waals surface area contributed by atoms with Crippen LogP contribution in [0.4, 0.5) is 4.79 Å². The van der Waals surface area contributed by atoms with E-state index in [1.807, 2.05) is 26.8 Å². The molecule has 2 aliphatic heterocycles. The summed E-state index contributed by atoms with van der Waals surface area (Å²) in [6.07, 6.45) is 3.45. The Morgan fingerprint density at radius 1 is 1.38 bits per heavy atom. The van der Waals surface area contributed by atoms with E-state index in [1.165, 1.54) is 5.06 Å². The molecule has 0 aromatic carbocycles. The normalized spacial score (nSPS) is 20.5. The molecule has 0 aliphatic carbocycles. The summed E-state index contributed by atoms with van der Waals surface area (Å²) in [7, 11) is 0. The predicted molar refractivity (Wildman–Crippen MR) is 94.4 cm³/mol. The zero-order chi connectivity index (χ0) is 18.3. The van der Waals surface area contributed by atoms with Gasteiger partial charge in [0, 0.05) is 17.7 Å². The first kappa shape index (κ1) is 18.8. The number of carbonyl (C=O) groups excluding carboxylic acids is 1. The van der Waals surface area contributed by atoms with Crippen molar-refractivity contribution in [2.45, 2.75) is 66.9 Å². The molecule has 0 bridgehead atoms. The van der Waals surface area contributed by atoms with Crippen LogP contribution in [0.1, 0.15) is 61.3 Å². The second kappa shape index (κ2) is 6.43. The number of amides is 1. The van der Waals surface area contributed by atoms with Crippen molar-refractivity contribution in [3.05, 3.63) is 23.0 Å². The second-order valence-electron chi connectivity index (χ2n) is 8.94. The van der Waals surface area contributed by atoms with E-state index in [0.29, 0.717) is 19.0 Å². The smallest absolute Gasteiger partial charge is 0.414 e. The molecule has 0 fully saturated rings. The van der Waals surface area contributed by atoms with E-state index in [2.05, 4.69) is 27.7 Å². The Bertz CT molecular complexity index is 568. The van der Waals surface area contributed by atoms with Crippen molar-refractivity contribution in [1.82, 2.24) is 9.96 Å². The molecule has 0 radical (unpaired) electrons. The Labute approximate surface area is 145 Å². The van der Waals surface area contributed by atoms with Crippen LogP contribution in [0.25, 0.3) is 0 Å². The Kier molecular flexibility index (Phi) is 5.05. The van der Waals surface area contributed by atoms with Crippen LogP contribution < -0.4 is 0 Å². The van der Waals surface area contributed by atoms with Crippen LogP contribution in [-0.2, 0) is 4.74 Å². The van der Waals surface area contributed by atoms with Gasteiger partial charge in [-0.05, 0) is 51.2 Å². The summed E-state index contributed by atoms with van der Waals surface area (Å²) in [5, 5.41) is 11.7. The van der Waals surface area contributed by atoms with Gasteiger partial charge >= 0.3 is 6.09 Å². The molecular weight excluding hydrogens is 304 g/mol. The molecule has 5 nitrogen and oxygen atoms in total. The minimum atomic E-state index is -0.521. The van der Waals surface area contributed by atoms with Crippen molar-refractivity contribution >= 4 is 6.09 Å². The molecule has 2 rings (SSSR count). The average molecular weight is 336 g/mol. The van der Waals surface area contributed by atoms with Crippen LogP contribution >= 0.6 is 0 Å². The van der Waals surface area contributed by atoms with Crippen molar-refractivity contribution in [2.75, 3.05) is 13.1 Å². The van der Waals surface area contributed by atoms with Gasteiger partial charge in [-0.2, -0.15) is 0 Å². The number of ether oxygens (including phenoxy) is 1. The van der Waals surface area contributed by atoms with Crippen LogP contribution in [0.5, 0.6) is 0 Å². The highest BCUT2D eigenvalue weighted by atomic mass is 16.6. The Balaban J connectivity index is 2.29. The standard InChI is InChI=1S/C19H32N2O3/c1-13(2)8-9-14-10-16-15(11-21(14)23)19(6,7)12-20(16)17(22)24-18(3,4)5/h10,13,23H,8-9,11-12H2,1-7H3. The number of hydroxylamine groups is 2. The average Bonchev–Trinajstić information content (AvgIpc) is 2.66. The summed E-state index contributed by atoms with van der Waals surface area (Å²) >= 11 is 0. The van der Waals surface area contributed by atoms with Crippen molar-refractivity contribution in [2.24, 2.45) is 11.3 Å². The number of carbonyl (C=O) groups is 1. The number of allylic oxidation sites excluding steroid dienone is 2. The zero-order valence-electron chi connectivity index (χ0n) is 16.1. The number of hydrogen-bond acceptors (Lipinski definition) is 4. The molecule has 0 saturated carbocycles. The molecule has 1 amide bonds. The molecule has 0 saturated heterocycles. The molecule has 1 N–H and O–H groups in total. The van der Waals surface area contributed by atoms with E-state index in [9.17, 15) is 10.0 Å². The summed E-state index contributed by atoms with van der Waals surface area (Å²) in [5.74, 6) is 0.566. The highest BCUT2D eigenvalue weighted by molar-refractivity contribution is 5.73. The van der Waals surface area contributed by atoms with Gasteiger partial charge in [-0.3, -0.25) is 15.2 Å². The van der Waals surface area contributed by atoms with E-state index in [1.54, 1.807) is 4.90 Å². The maximum atomic E-state index is 12.6. The summed E-state index contributed by atoms with van der Waals surface area (Å²) in [6.45, 7) is 15.2. The molecule has 0 aromatic heterocycles. The fourth-order valence-corrected chi connectivity index (χ4v) is 3.15. The Morgan fingerprint density at radius 2 is 2.00 bits per heavy atom. The molecule has 136 valence electrons. The molecule has 2 heterocycles. The van der Waals surface area contributed by atoms with Crippen molar-refractivity contribution < 1.29 is 14.7 Å². The lowest BCUT2D eigenvalue weighted by Gasteiger charge is -2.30. The minimum absolute atomic E-state index is 0.173. The van der Waals surface area contributed by atoms with Gasteiger partial charge in [-0.1, -0.05) is 27.7 Å². The van der Waals surface area contributed by atoms with Gasteiger partial charge in [-0.25, -0.2) is 4.79 Å². The van der Waals surface area contributed by atoms with Crippen LogP contribution in [0.15, 0.2) is 23.0 Å². The third kappa shape index (κ3) is 4.12. The minimum Gasteiger partial charge on any atom is -0.443 e. The molecule has 5 heteroatoms. The lowest BCUT2D eigenvalue weighted by Crippen LogP contribution is -2.36. The van der Waals surface area contributed by atoms with E-state index < -0.39 is 5.60 Å². The van der Waals surface area contributed by atoms with Gasteiger partial charge in [0.2, 0.25) is 0 Å². The van der Waals surface area contributed by atoms with Crippen LogP contribution in [0.2, 0.25) is 0 Å². The van der Waals surface area contributed by atoms with Crippen LogP contribution in [0, 0.1) is 11.3 Å². The summed E-state index contributed by atoms with van der Waals surface area (Å²) in [4.78, 5) is 14.3. The quantitative estimate of drug-likeness (QED) is 0.822. The predicted octanol–water partition coefficient (Wildman–Crippen LogP) is 4.54. The van der Waals surface area contributed by atoms with Crippen molar-refractivity contribution in [3.63, 3.8) is 0 Å². The van der Waals surface area contributed by atoms with Crippen LogP contribution in [0.3, 0.4) is 0 Å². The van der Waals surface area contributed by atoms with E-state index in [4.69, 9.17) is 4.74 Å². The highest BCUT2D eigenvalue weighted by Crippen LogP contribution is 2.43. The largest absolute Gasteiger partial charge is 0.443 e. The first-order chi connectivity index (χ1) is 10.9. The third-order valence-electron chi connectivity index (χ3n) is 4.50. The summed E-state index contributed by atoms with van der Waals surface area (Å²) in [6, 6.07) is 0. The molecular formula is C19H32N2O3. The molecule has 24 heavy (non-hydrogen) atoms. The number of hydrogen-bond donors (Lipinski definition) is 1. The van der Waals surface area contributed by atoms with Crippen molar-refractivity contribution in [1.29, 1.82) is 0 Å². The first-order valence-corrected chi connectivity index (χ1v) is 8.82. The summed E-state index contributed by atoms with van der Waals surface area (Å²) < 4.78 is 5.57. The van der Waals surface area contributed by atoms with Gasteiger partial charge in [0.15, 0.2) is 0 Å². The Morgan fingerprint density at radius 3 is 2.54 bits per heavy atom. The maximum absolute atomic E-state index is 12.6. The third-order valence-corrected chi connectivity index (χ3v) is 4.50. The zero-order valence-corrected chi connectivity index (χ0v) is 16.1. The fourth-order valence-electron chi connectivity index (χ4n) is 3.15. The molecule has 0 aromatic rings. The second-order valence-corrected chi connectivity index (χ2v) is 8.94. The van der Waals surface area contributed by atoms with Gasteiger partial charge in [0.05, 0.1) is 12.2 Å². The highest BCUT2D eigenvalue weighted by Gasteiger charge is 2.43. The lowest BCUT2D eigenvalue weighted by atomic mass is 9.84. The van der Waals surface area contributed by atoms with Crippen molar-refractivity contribution in [3.8, 4) is 0 Å².